The normalized spacial score (nSPS) is 10.5. The van der Waals surface area contributed by atoms with E-state index >= 15 is 0 Å². The van der Waals surface area contributed by atoms with E-state index in [2.05, 4.69) is 32.2 Å². The molecule has 0 rings (SSSR count). The quantitative estimate of drug-likeness (QED) is 0.536. The van der Waals surface area contributed by atoms with Crippen LogP contribution in [0.25, 0.3) is 0 Å². The molecule has 0 aromatic heterocycles. The fourth-order valence-corrected chi connectivity index (χ4v) is 0.785. The van der Waals surface area contributed by atoms with Crippen LogP contribution in [-0.2, 0) is 0 Å². The van der Waals surface area contributed by atoms with Crippen molar-refractivity contribution in [3.05, 3.63) is 6.42 Å². The van der Waals surface area contributed by atoms with Crippen molar-refractivity contribution in [3.8, 4) is 0 Å². The summed E-state index contributed by atoms with van der Waals surface area (Å²) in [5.41, 5.74) is 0. The molecular weight excluding hydrogens is 98.1 g/mol. The summed E-state index contributed by atoms with van der Waals surface area (Å²) in [4.78, 5) is 2.31. The van der Waals surface area contributed by atoms with Gasteiger partial charge in [0.15, 0.2) is 0 Å². The Morgan fingerprint density at radius 3 is 2.50 bits per heavy atom. The topological polar surface area (TPSA) is 3.24 Å². The van der Waals surface area contributed by atoms with Crippen LogP contribution >= 0.6 is 0 Å². The molecule has 1 radical (unpaired) electrons. The van der Waals surface area contributed by atoms with Gasteiger partial charge in [-0.15, -0.1) is 0 Å². The Morgan fingerprint density at radius 2 is 2.12 bits per heavy atom. The molecule has 0 aliphatic rings. The van der Waals surface area contributed by atoms with Crippen molar-refractivity contribution in [2.45, 2.75) is 20.3 Å². The molecule has 49 valence electrons. The van der Waals surface area contributed by atoms with E-state index in [1.807, 2.05) is 0 Å². The molecule has 0 aliphatic heterocycles. The van der Waals surface area contributed by atoms with Crippen LogP contribution in [0.3, 0.4) is 0 Å². The highest BCUT2D eigenvalue weighted by atomic mass is 15.1. The van der Waals surface area contributed by atoms with Gasteiger partial charge in [-0.05, 0) is 26.4 Å². The lowest BCUT2D eigenvalue weighted by Gasteiger charge is -2.12. The molecule has 0 saturated heterocycles. The number of nitrogens with zero attached hydrogens (tertiary/aromatic N) is 1. The summed E-state index contributed by atoms with van der Waals surface area (Å²) in [7, 11) is 2.14. The number of hydrogen-bond donors (Lipinski definition) is 0. The van der Waals surface area contributed by atoms with Crippen LogP contribution in [-0.4, -0.2) is 25.0 Å². The maximum atomic E-state index is 2.31. The second-order valence-corrected chi connectivity index (χ2v) is 2.17. The molecule has 0 aliphatic carbocycles. The largest absolute Gasteiger partial charge is 0.306 e. The van der Waals surface area contributed by atoms with Gasteiger partial charge in [-0.1, -0.05) is 13.8 Å². The van der Waals surface area contributed by atoms with E-state index in [1.165, 1.54) is 13.0 Å². The van der Waals surface area contributed by atoms with Gasteiger partial charge in [0.2, 0.25) is 0 Å². The number of rotatable bonds is 4. The van der Waals surface area contributed by atoms with Crippen LogP contribution in [0.2, 0.25) is 0 Å². The molecule has 0 spiro atoms. The molecule has 0 atom stereocenters. The third-order valence-electron chi connectivity index (χ3n) is 1.10. The summed E-state index contributed by atoms with van der Waals surface area (Å²) >= 11 is 0. The highest BCUT2D eigenvalue weighted by Gasteiger charge is 1.90. The average molecular weight is 114 g/mol. The van der Waals surface area contributed by atoms with Gasteiger partial charge in [0.05, 0.1) is 0 Å². The van der Waals surface area contributed by atoms with Crippen LogP contribution in [0.1, 0.15) is 20.3 Å². The first-order chi connectivity index (χ1) is 3.81. The maximum Gasteiger partial charge on any atom is 0.000699 e. The Morgan fingerprint density at radius 1 is 1.50 bits per heavy atom. The zero-order valence-corrected chi connectivity index (χ0v) is 6.15. The van der Waals surface area contributed by atoms with Gasteiger partial charge in [0, 0.05) is 6.54 Å². The standard InChI is InChI=1S/C7H16N/c1-4-6-8(3)7-5-2/h4H,5-7H2,1-3H3. The first kappa shape index (κ1) is 7.96. The Hall–Kier alpha value is -0.0400. The maximum absolute atomic E-state index is 2.31. The Labute approximate surface area is 52.7 Å². The van der Waals surface area contributed by atoms with Gasteiger partial charge in [0.25, 0.3) is 0 Å². The van der Waals surface area contributed by atoms with Crippen molar-refractivity contribution in [1.82, 2.24) is 4.90 Å². The minimum atomic E-state index is 1.12. The lowest BCUT2D eigenvalue weighted by atomic mass is 10.4. The molecule has 0 amide bonds. The van der Waals surface area contributed by atoms with Crippen LogP contribution in [0.15, 0.2) is 0 Å². The minimum absolute atomic E-state index is 1.12. The molecule has 0 unspecified atom stereocenters. The fourth-order valence-electron chi connectivity index (χ4n) is 0.785. The van der Waals surface area contributed by atoms with Gasteiger partial charge in [-0.2, -0.15) is 0 Å². The zero-order valence-electron chi connectivity index (χ0n) is 6.15. The third-order valence-corrected chi connectivity index (χ3v) is 1.10. The van der Waals surface area contributed by atoms with E-state index in [0.717, 1.165) is 6.54 Å². The van der Waals surface area contributed by atoms with Gasteiger partial charge < -0.3 is 4.90 Å². The molecule has 0 saturated carbocycles. The summed E-state index contributed by atoms with van der Waals surface area (Å²) in [5.74, 6) is 0. The molecule has 0 aromatic carbocycles. The van der Waals surface area contributed by atoms with Crippen LogP contribution < -0.4 is 0 Å². The minimum Gasteiger partial charge on any atom is -0.306 e. The van der Waals surface area contributed by atoms with Gasteiger partial charge in [0.1, 0.15) is 0 Å². The first-order valence-corrected chi connectivity index (χ1v) is 3.27. The summed E-state index contributed by atoms with van der Waals surface area (Å²) in [6.07, 6.45) is 3.43. The monoisotopic (exact) mass is 114 g/mol. The van der Waals surface area contributed by atoms with E-state index < -0.39 is 0 Å². The highest BCUT2D eigenvalue weighted by molar-refractivity contribution is 4.60. The first-order valence-electron chi connectivity index (χ1n) is 3.27. The molecule has 0 N–H and O–H groups in total. The fraction of sp³-hybridized carbons (Fsp3) is 0.857. The third kappa shape index (κ3) is 4.13. The smallest absolute Gasteiger partial charge is 0.000699 e. The van der Waals surface area contributed by atoms with Gasteiger partial charge in [-0.25, -0.2) is 0 Å². The zero-order chi connectivity index (χ0) is 6.41. The summed E-state index contributed by atoms with van der Waals surface area (Å²) in [6, 6.07) is 0. The SMILES string of the molecule is C[CH]CN(C)CCC. The Bertz CT molecular complexity index is 37.7. The second kappa shape index (κ2) is 5.10. The molecule has 0 fully saturated rings. The molecule has 0 heterocycles. The van der Waals surface area contributed by atoms with Crippen molar-refractivity contribution in [2.24, 2.45) is 0 Å². The van der Waals surface area contributed by atoms with Crippen molar-refractivity contribution in [2.75, 3.05) is 20.1 Å². The predicted molar refractivity (Wildman–Crippen MR) is 37.8 cm³/mol. The van der Waals surface area contributed by atoms with E-state index in [0.29, 0.717) is 0 Å². The van der Waals surface area contributed by atoms with Crippen molar-refractivity contribution < 1.29 is 0 Å². The van der Waals surface area contributed by atoms with Crippen LogP contribution in [0, 0.1) is 6.42 Å². The lowest BCUT2D eigenvalue weighted by molar-refractivity contribution is 0.361. The van der Waals surface area contributed by atoms with Gasteiger partial charge >= 0.3 is 0 Å². The van der Waals surface area contributed by atoms with Crippen molar-refractivity contribution in [3.63, 3.8) is 0 Å². The molecule has 8 heavy (non-hydrogen) atoms. The van der Waals surface area contributed by atoms with E-state index in [1.54, 1.807) is 0 Å². The van der Waals surface area contributed by atoms with Crippen molar-refractivity contribution in [1.29, 1.82) is 0 Å². The van der Waals surface area contributed by atoms with E-state index in [9.17, 15) is 0 Å². The summed E-state index contributed by atoms with van der Waals surface area (Å²) in [6.45, 7) is 6.62. The van der Waals surface area contributed by atoms with Crippen LogP contribution in [0.5, 0.6) is 0 Å². The Balaban J connectivity index is 2.92. The molecule has 1 nitrogen and oxygen atoms in total. The number of hydrogen-bond acceptors (Lipinski definition) is 1. The predicted octanol–water partition coefficient (Wildman–Crippen LogP) is 1.55. The molecule has 1 heteroatoms. The highest BCUT2D eigenvalue weighted by Crippen LogP contribution is 1.86. The molecular formula is C7H16N. The van der Waals surface area contributed by atoms with E-state index in [4.69, 9.17) is 0 Å². The van der Waals surface area contributed by atoms with Crippen LogP contribution in [0.4, 0.5) is 0 Å². The van der Waals surface area contributed by atoms with Crippen molar-refractivity contribution >= 4 is 0 Å². The molecule has 0 bridgehead atoms. The molecule has 0 aromatic rings. The lowest BCUT2D eigenvalue weighted by Crippen LogP contribution is -2.19. The summed E-state index contributed by atoms with van der Waals surface area (Å²) in [5, 5.41) is 0. The van der Waals surface area contributed by atoms with Gasteiger partial charge in [-0.3, -0.25) is 0 Å². The summed E-state index contributed by atoms with van der Waals surface area (Å²) < 4.78 is 0. The second-order valence-electron chi connectivity index (χ2n) is 2.17. The average Bonchev–Trinajstić information content (AvgIpc) is 1.68. The van der Waals surface area contributed by atoms with E-state index in [-0.39, 0.29) is 0 Å². The Kier molecular flexibility index (Phi) is 5.08.